The van der Waals surface area contributed by atoms with Crippen LogP contribution in [0, 0.1) is 0 Å². The number of thioether (sulfide) groups is 2. The van der Waals surface area contributed by atoms with Gasteiger partial charge in [-0.2, -0.15) is 23.5 Å². The summed E-state index contributed by atoms with van der Waals surface area (Å²) in [5.41, 5.74) is 12.9. The highest BCUT2D eigenvalue weighted by molar-refractivity contribution is 7.98. The predicted octanol–water partition coefficient (Wildman–Crippen LogP) is -0.530. The molecule has 0 bridgehead atoms. The first-order chi connectivity index (χ1) is 10.9. The predicted molar refractivity (Wildman–Crippen MR) is 89.7 cm³/mol. The zero-order valence-corrected chi connectivity index (χ0v) is 15.8. The van der Waals surface area contributed by atoms with Crippen LogP contribution in [0.2, 0.25) is 0 Å². The SMILES string of the molecule is CSCCC1(N)C(=O)OCO[Si]12OCOC(=O)C2(N)CCSC. The Labute approximate surface area is 144 Å². The molecule has 2 unspecified atom stereocenters. The van der Waals surface area contributed by atoms with Crippen LogP contribution < -0.4 is 11.5 Å². The Hall–Kier alpha value is -0.303. The summed E-state index contributed by atoms with van der Waals surface area (Å²) in [5, 5.41) is -3.11. The highest BCUT2D eigenvalue weighted by atomic mass is 32.2. The fourth-order valence-corrected chi connectivity index (χ4v) is 8.24. The largest absolute Gasteiger partial charge is 0.438 e. The molecule has 0 amide bonds. The lowest BCUT2D eigenvalue weighted by Crippen LogP contribution is -2.89. The van der Waals surface area contributed by atoms with Crippen molar-refractivity contribution in [2.24, 2.45) is 11.5 Å². The molecular weight excluding hydrogens is 360 g/mol. The van der Waals surface area contributed by atoms with E-state index in [1.54, 1.807) is 0 Å². The van der Waals surface area contributed by atoms with Crippen molar-refractivity contribution < 1.29 is 27.9 Å². The normalized spacial score (nSPS) is 37.6. The van der Waals surface area contributed by atoms with E-state index in [0.717, 1.165) is 0 Å². The van der Waals surface area contributed by atoms with Crippen LogP contribution in [0.4, 0.5) is 0 Å². The smallest absolute Gasteiger partial charge is 0.407 e. The summed E-state index contributed by atoms with van der Waals surface area (Å²) >= 11 is 3.05. The molecule has 0 saturated carbocycles. The van der Waals surface area contributed by atoms with Gasteiger partial charge in [0.05, 0.1) is 0 Å². The second-order valence-corrected chi connectivity index (χ2v) is 11.0. The standard InChI is InChI=1S/C12H22N2O6S2Si/c1-21-5-3-11(13)9(15)17-7-19-23(11)12(14,4-6-22-2)10(16)18-8-20-23/h3-8,13-14H2,1-2H3. The van der Waals surface area contributed by atoms with E-state index in [1.807, 2.05) is 12.5 Å². The molecule has 4 N–H and O–H groups in total. The van der Waals surface area contributed by atoms with Gasteiger partial charge in [0.1, 0.15) is 0 Å². The second-order valence-electron chi connectivity index (χ2n) is 5.43. The molecule has 132 valence electrons. The van der Waals surface area contributed by atoms with Gasteiger partial charge in [-0.25, -0.2) is 0 Å². The number of rotatable bonds is 6. The number of hydrogen-bond donors (Lipinski definition) is 2. The van der Waals surface area contributed by atoms with Crippen LogP contribution in [0.5, 0.6) is 0 Å². The molecule has 0 aliphatic carbocycles. The van der Waals surface area contributed by atoms with Gasteiger partial charge >= 0.3 is 20.5 Å². The van der Waals surface area contributed by atoms with Crippen molar-refractivity contribution in [1.82, 2.24) is 0 Å². The Morgan fingerprint density at radius 1 is 0.957 bits per heavy atom. The fraction of sp³-hybridized carbons (Fsp3) is 0.833. The van der Waals surface area contributed by atoms with Crippen molar-refractivity contribution in [3.8, 4) is 0 Å². The first-order valence-electron chi connectivity index (χ1n) is 7.06. The lowest BCUT2D eigenvalue weighted by molar-refractivity contribution is -0.180. The molecule has 1 spiro atoms. The minimum absolute atomic E-state index is 0.255. The molecule has 2 rings (SSSR count). The van der Waals surface area contributed by atoms with Gasteiger partial charge in [0.25, 0.3) is 0 Å². The van der Waals surface area contributed by atoms with E-state index in [1.165, 1.54) is 23.5 Å². The molecule has 11 heteroatoms. The van der Waals surface area contributed by atoms with E-state index in [4.69, 9.17) is 29.8 Å². The minimum atomic E-state index is -3.70. The summed E-state index contributed by atoms with van der Waals surface area (Å²) in [6.45, 7) is -0.621. The maximum atomic E-state index is 12.5. The van der Waals surface area contributed by atoms with Gasteiger partial charge in [0, 0.05) is 0 Å². The maximum Gasteiger partial charge on any atom is 0.407 e. The van der Waals surface area contributed by atoms with Gasteiger partial charge < -0.3 is 29.8 Å². The lowest BCUT2D eigenvalue weighted by atomic mass is 10.2. The quantitative estimate of drug-likeness (QED) is 0.458. The van der Waals surface area contributed by atoms with Crippen molar-refractivity contribution >= 4 is 44.0 Å². The molecule has 2 heterocycles. The third-order valence-electron chi connectivity index (χ3n) is 4.21. The summed E-state index contributed by atoms with van der Waals surface area (Å²) in [5.74, 6) is -0.0853. The van der Waals surface area contributed by atoms with Gasteiger partial charge in [-0.15, -0.1) is 0 Å². The number of esters is 2. The molecular formula is C12H22N2O6S2Si. The molecule has 23 heavy (non-hydrogen) atoms. The molecule has 2 fully saturated rings. The summed E-state index contributed by atoms with van der Waals surface area (Å²) in [4.78, 5) is 24.9. The molecule has 2 aliphatic rings. The third-order valence-corrected chi connectivity index (χ3v) is 9.74. The molecule has 0 aromatic heterocycles. The van der Waals surface area contributed by atoms with Crippen LogP contribution in [0.3, 0.4) is 0 Å². The Morgan fingerprint density at radius 3 is 1.70 bits per heavy atom. The van der Waals surface area contributed by atoms with Gasteiger partial charge in [-0.05, 0) is 36.9 Å². The van der Waals surface area contributed by atoms with Gasteiger partial charge in [-0.3, -0.25) is 9.59 Å². The van der Waals surface area contributed by atoms with Crippen molar-refractivity contribution in [2.45, 2.75) is 23.2 Å². The van der Waals surface area contributed by atoms with Crippen LogP contribution in [-0.2, 0) is 27.9 Å². The zero-order chi connectivity index (χ0) is 17.1. The van der Waals surface area contributed by atoms with Crippen LogP contribution in [0.15, 0.2) is 0 Å². The Morgan fingerprint density at radius 2 is 1.35 bits per heavy atom. The summed E-state index contributed by atoms with van der Waals surface area (Å²) < 4.78 is 21.5. The van der Waals surface area contributed by atoms with Gasteiger partial charge in [-0.1, -0.05) is 0 Å². The molecule has 2 atom stereocenters. The number of carbonyl (C=O) groups is 2. The van der Waals surface area contributed by atoms with Crippen molar-refractivity contribution in [1.29, 1.82) is 0 Å². The molecule has 2 aliphatic heterocycles. The molecule has 0 aromatic carbocycles. The van der Waals surface area contributed by atoms with Crippen LogP contribution >= 0.6 is 23.5 Å². The lowest BCUT2D eigenvalue weighted by Gasteiger charge is -2.53. The second kappa shape index (κ2) is 7.29. The Kier molecular flexibility index (Phi) is 6.03. The molecule has 0 radical (unpaired) electrons. The topological polar surface area (TPSA) is 123 Å². The van der Waals surface area contributed by atoms with Crippen molar-refractivity contribution in [3.63, 3.8) is 0 Å². The average Bonchev–Trinajstić information content (AvgIpc) is 2.53. The van der Waals surface area contributed by atoms with Gasteiger partial charge in [0.15, 0.2) is 23.9 Å². The van der Waals surface area contributed by atoms with E-state index < -0.39 is 30.8 Å². The average molecular weight is 383 g/mol. The molecule has 8 nitrogen and oxygen atoms in total. The fourth-order valence-electron chi connectivity index (χ4n) is 2.87. The monoisotopic (exact) mass is 382 g/mol. The third kappa shape index (κ3) is 2.92. The van der Waals surface area contributed by atoms with Crippen LogP contribution in [0.1, 0.15) is 12.8 Å². The van der Waals surface area contributed by atoms with Crippen LogP contribution in [-0.4, -0.2) is 68.4 Å². The molecule has 2 saturated heterocycles. The maximum absolute atomic E-state index is 12.5. The molecule has 0 aromatic rings. The van der Waals surface area contributed by atoms with E-state index in [2.05, 4.69) is 0 Å². The summed E-state index contributed by atoms with van der Waals surface area (Å²) in [6.07, 6.45) is 4.30. The van der Waals surface area contributed by atoms with Gasteiger partial charge in [0.2, 0.25) is 0 Å². The van der Waals surface area contributed by atoms with Crippen molar-refractivity contribution in [3.05, 3.63) is 0 Å². The summed E-state index contributed by atoms with van der Waals surface area (Å²) in [7, 11) is -3.70. The van der Waals surface area contributed by atoms with E-state index in [9.17, 15) is 9.59 Å². The van der Waals surface area contributed by atoms with E-state index >= 15 is 0 Å². The number of hydrogen-bond acceptors (Lipinski definition) is 10. The first kappa shape index (κ1) is 19.0. The van der Waals surface area contributed by atoms with E-state index in [-0.39, 0.29) is 26.4 Å². The van der Waals surface area contributed by atoms with E-state index in [0.29, 0.717) is 11.5 Å². The Bertz CT molecular complexity index is 442. The van der Waals surface area contributed by atoms with Crippen LogP contribution in [0.25, 0.3) is 0 Å². The highest BCUT2D eigenvalue weighted by Crippen LogP contribution is 2.41. The number of nitrogens with two attached hydrogens (primary N) is 2. The summed E-state index contributed by atoms with van der Waals surface area (Å²) in [6, 6.07) is 0. The number of carbonyl (C=O) groups excluding carboxylic acids is 2. The number of ether oxygens (including phenoxy) is 2. The minimum Gasteiger partial charge on any atom is -0.438 e. The Balaban J connectivity index is 2.50. The van der Waals surface area contributed by atoms with Crippen molar-refractivity contribution in [2.75, 3.05) is 37.6 Å². The zero-order valence-electron chi connectivity index (χ0n) is 13.2. The first-order valence-corrected chi connectivity index (χ1v) is 11.7. The highest BCUT2D eigenvalue weighted by Gasteiger charge is 2.77. The number of cyclic esters (lactones) is 2.